The molecule has 8 nitrogen and oxygen atoms in total. The predicted molar refractivity (Wildman–Crippen MR) is 113 cm³/mol. The molecular formula is C23H24N4O4. The van der Waals surface area contributed by atoms with Gasteiger partial charge in [-0.2, -0.15) is 4.98 Å². The summed E-state index contributed by atoms with van der Waals surface area (Å²) < 4.78 is 17.1. The van der Waals surface area contributed by atoms with E-state index in [2.05, 4.69) is 20.6 Å². The Bertz CT molecular complexity index is 1090. The number of rotatable bonds is 6. The molecular weight excluding hydrogens is 396 g/mol. The van der Waals surface area contributed by atoms with Crippen molar-refractivity contribution >= 4 is 5.70 Å². The summed E-state index contributed by atoms with van der Waals surface area (Å²) in [5.41, 5.74) is 4.60. The summed E-state index contributed by atoms with van der Waals surface area (Å²) in [5, 5.41) is 4.12. The summed E-state index contributed by atoms with van der Waals surface area (Å²) >= 11 is 0. The molecule has 0 spiro atoms. The molecule has 1 aromatic carbocycles. The Labute approximate surface area is 180 Å². The van der Waals surface area contributed by atoms with Crippen LogP contribution in [-0.4, -0.2) is 28.3 Å². The van der Waals surface area contributed by atoms with Crippen LogP contribution in [0.1, 0.15) is 44.0 Å². The van der Waals surface area contributed by atoms with Crippen LogP contribution in [0.4, 0.5) is 0 Å². The first-order valence-electron chi connectivity index (χ1n) is 10.4. The van der Waals surface area contributed by atoms with Gasteiger partial charge in [-0.25, -0.2) is 0 Å². The minimum Gasteiger partial charge on any atom is -0.493 e. The topological polar surface area (TPSA) is 91.5 Å². The maximum Gasteiger partial charge on any atom is 0.259 e. The molecule has 3 aromatic rings. The van der Waals surface area contributed by atoms with E-state index in [1.54, 1.807) is 19.5 Å². The van der Waals surface area contributed by atoms with Crippen molar-refractivity contribution in [2.75, 3.05) is 7.11 Å². The Morgan fingerprint density at radius 3 is 2.77 bits per heavy atom. The smallest absolute Gasteiger partial charge is 0.259 e. The van der Waals surface area contributed by atoms with Gasteiger partial charge in [-0.15, -0.1) is 0 Å². The van der Waals surface area contributed by atoms with Gasteiger partial charge in [-0.3, -0.25) is 15.3 Å². The Balaban J connectivity index is 1.41. The van der Waals surface area contributed by atoms with E-state index in [0.717, 1.165) is 41.2 Å². The predicted octanol–water partition coefficient (Wildman–Crippen LogP) is 4.25. The molecule has 1 aliphatic heterocycles. The third kappa shape index (κ3) is 3.86. The van der Waals surface area contributed by atoms with Crippen molar-refractivity contribution in [3.8, 4) is 23.0 Å². The van der Waals surface area contributed by atoms with Gasteiger partial charge in [-0.05, 0) is 69.0 Å². The molecule has 0 radical (unpaired) electrons. The van der Waals surface area contributed by atoms with Crippen molar-refractivity contribution in [3.63, 3.8) is 0 Å². The van der Waals surface area contributed by atoms with Crippen molar-refractivity contribution in [1.82, 2.24) is 20.6 Å². The van der Waals surface area contributed by atoms with Crippen LogP contribution in [0.5, 0.6) is 11.5 Å². The number of nitrogens with zero attached hydrogens (tertiary/aromatic N) is 3. The molecule has 160 valence electrons. The van der Waals surface area contributed by atoms with Crippen molar-refractivity contribution < 1.29 is 18.8 Å². The fraction of sp³-hybridized carbons (Fsp3) is 0.348. The third-order valence-corrected chi connectivity index (χ3v) is 5.64. The lowest BCUT2D eigenvalue weighted by Gasteiger charge is -2.17. The Kier molecular flexibility index (Phi) is 5.07. The molecule has 0 bridgehead atoms. The first kappa shape index (κ1) is 19.6. The van der Waals surface area contributed by atoms with E-state index in [9.17, 15) is 0 Å². The quantitative estimate of drug-likeness (QED) is 0.633. The molecule has 2 aromatic heterocycles. The van der Waals surface area contributed by atoms with Crippen LogP contribution in [-0.2, 0) is 10.4 Å². The third-order valence-electron chi connectivity index (χ3n) is 5.64. The van der Waals surface area contributed by atoms with Crippen LogP contribution in [0.15, 0.2) is 53.3 Å². The second-order valence-corrected chi connectivity index (χ2v) is 7.92. The van der Waals surface area contributed by atoms with Gasteiger partial charge in [0.1, 0.15) is 0 Å². The summed E-state index contributed by atoms with van der Waals surface area (Å²) in [5.74, 6) is 2.27. The highest BCUT2D eigenvalue weighted by Gasteiger charge is 2.37. The number of benzene rings is 1. The zero-order valence-electron chi connectivity index (χ0n) is 17.5. The summed E-state index contributed by atoms with van der Waals surface area (Å²) in [7, 11) is 1.65. The number of methoxy groups -OCH3 is 1. The normalized spacial score (nSPS) is 21.0. The summed E-state index contributed by atoms with van der Waals surface area (Å²) in [6.45, 7) is 1.88. The Morgan fingerprint density at radius 2 is 2.00 bits per heavy atom. The molecule has 5 rings (SSSR count). The minimum absolute atomic E-state index is 0.237. The number of ether oxygens (including phenoxy) is 2. The monoisotopic (exact) mass is 420 g/mol. The van der Waals surface area contributed by atoms with Crippen molar-refractivity contribution in [2.24, 2.45) is 0 Å². The van der Waals surface area contributed by atoms with Gasteiger partial charge in [0.2, 0.25) is 5.82 Å². The molecule has 1 N–H and O–H groups in total. The van der Waals surface area contributed by atoms with E-state index in [0.29, 0.717) is 11.7 Å². The average Bonchev–Trinajstić information content (AvgIpc) is 3.56. The molecule has 1 aliphatic carbocycles. The molecule has 8 heteroatoms. The SMILES string of the molecule is COc1ccc(C2=CC(C)(c3noc(-c4cccnc4)n3)ON2)cc1OC1CCCC1. The van der Waals surface area contributed by atoms with Gasteiger partial charge < -0.3 is 14.0 Å². The summed E-state index contributed by atoms with van der Waals surface area (Å²) in [6, 6.07) is 9.53. The van der Waals surface area contributed by atoms with E-state index in [1.165, 1.54) is 12.8 Å². The van der Waals surface area contributed by atoms with Gasteiger partial charge in [0, 0.05) is 18.0 Å². The minimum atomic E-state index is -0.883. The molecule has 0 saturated heterocycles. The van der Waals surface area contributed by atoms with E-state index < -0.39 is 5.60 Å². The van der Waals surface area contributed by atoms with Crippen LogP contribution in [0.3, 0.4) is 0 Å². The second kappa shape index (κ2) is 8.03. The molecule has 3 heterocycles. The van der Waals surface area contributed by atoms with Crippen molar-refractivity contribution in [3.05, 3.63) is 60.2 Å². The van der Waals surface area contributed by atoms with Crippen LogP contribution < -0.4 is 15.0 Å². The largest absolute Gasteiger partial charge is 0.493 e. The molecule has 1 atom stereocenters. The maximum atomic E-state index is 6.22. The Morgan fingerprint density at radius 1 is 1.13 bits per heavy atom. The average molecular weight is 420 g/mol. The van der Waals surface area contributed by atoms with E-state index >= 15 is 0 Å². The fourth-order valence-electron chi connectivity index (χ4n) is 3.90. The second-order valence-electron chi connectivity index (χ2n) is 7.92. The first-order valence-corrected chi connectivity index (χ1v) is 10.4. The van der Waals surface area contributed by atoms with Gasteiger partial charge in [0.05, 0.1) is 24.5 Å². The van der Waals surface area contributed by atoms with Crippen LogP contribution >= 0.6 is 0 Å². The number of aromatic nitrogens is 3. The van der Waals surface area contributed by atoms with Gasteiger partial charge in [-0.1, -0.05) is 5.16 Å². The van der Waals surface area contributed by atoms with Crippen molar-refractivity contribution in [2.45, 2.75) is 44.3 Å². The number of nitrogens with one attached hydrogen (secondary N) is 1. The van der Waals surface area contributed by atoms with Crippen LogP contribution in [0.25, 0.3) is 17.2 Å². The van der Waals surface area contributed by atoms with Gasteiger partial charge >= 0.3 is 0 Å². The number of pyridine rings is 1. The lowest BCUT2D eigenvalue weighted by atomic mass is 10.0. The van der Waals surface area contributed by atoms with E-state index in [-0.39, 0.29) is 6.10 Å². The van der Waals surface area contributed by atoms with Gasteiger partial charge in [0.15, 0.2) is 17.1 Å². The van der Waals surface area contributed by atoms with E-state index in [4.69, 9.17) is 18.8 Å². The summed E-state index contributed by atoms with van der Waals surface area (Å²) in [4.78, 5) is 14.5. The lowest BCUT2D eigenvalue weighted by Crippen LogP contribution is -2.24. The van der Waals surface area contributed by atoms with Gasteiger partial charge in [0.25, 0.3) is 5.89 Å². The standard InChI is InChI=1S/C23H24N4O4/c1-23(22-25-21(30-27-22)16-6-5-11-24-14-16)13-18(26-31-23)15-9-10-19(28-2)20(12-15)29-17-7-3-4-8-17/h5-6,9-14,17,26H,3-4,7-8H2,1-2H3. The molecule has 1 unspecified atom stereocenters. The highest BCUT2D eigenvalue weighted by molar-refractivity contribution is 5.68. The van der Waals surface area contributed by atoms with E-state index in [1.807, 2.05) is 43.3 Å². The van der Waals surface area contributed by atoms with Crippen LogP contribution in [0.2, 0.25) is 0 Å². The molecule has 1 saturated carbocycles. The Hall–Kier alpha value is -3.39. The van der Waals surface area contributed by atoms with Crippen molar-refractivity contribution in [1.29, 1.82) is 0 Å². The zero-order valence-corrected chi connectivity index (χ0v) is 17.5. The van der Waals surface area contributed by atoms with Crippen LogP contribution in [0, 0.1) is 0 Å². The maximum absolute atomic E-state index is 6.22. The summed E-state index contributed by atoms with van der Waals surface area (Å²) in [6.07, 6.45) is 10.1. The highest BCUT2D eigenvalue weighted by Crippen LogP contribution is 2.38. The molecule has 1 fully saturated rings. The number of hydrogen-bond donors (Lipinski definition) is 1. The highest BCUT2D eigenvalue weighted by atomic mass is 16.7. The first-order chi connectivity index (χ1) is 15.1. The molecule has 2 aliphatic rings. The number of hydroxylamine groups is 1. The fourth-order valence-corrected chi connectivity index (χ4v) is 3.90. The lowest BCUT2D eigenvalue weighted by molar-refractivity contribution is -0.0319. The molecule has 0 amide bonds. The molecule has 31 heavy (non-hydrogen) atoms. The zero-order chi connectivity index (χ0) is 21.3. The number of hydrogen-bond acceptors (Lipinski definition) is 8.